The van der Waals surface area contributed by atoms with Crippen molar-refractivity contribution in [3.8, 4) is 11.1 Å². The van der Waals surface area contributed by atoms with Crippen LogP contribution < -0.4 is 5.73 Å². The Bertz CT molecular complexity index is 637. The van der Waals surface area contributed by atoms with Crippen LogP contribution in [0.25, 0.3) is 11.1 Å². The predicted molar refractivity (Wildman–Crippen MR) is 116 cm³/mol. The number of pyridine rings is 1. The first-order chi connectivity index (χ1) is 11.3. The van der Waals surface area contributed by atoms with Crippen LogP contribution in [-0.2, 0) is 6.54 Å². The monoisotopic (exact) mass is 415 g/mol. The zero-order valence-electron chi connectivity index (χ0n) is 14.8. The van der Waals surface area contributed by atoms with E-state index >= 15 is 0 Å². The van der Waals surface area contributed by atoms with Crippen LogP contribution in [0.2, 0.25) is 0 Å². The molecule has 2 saturated heterocycles. The first-order valence-electron chi connectivity index (χ1n) is 8.81. The number of piperidine rings is 2. The largest absolute Gasteiger partial charge is 0.328 e. The van der Waals surface area contributed by atoms with Crippen molar-refractivity contribution in [3.05, 3.63) is 54.4 Å². The van der Waals surface area contributed by atoms with Gasteiger partial charge >= 0.3 is 0 Å². The molecule has 26 heavy (non-hydrogen) atoms. The number of aromatic nitrogens is 1. The Morgan fingerprint density at radius 1 is 0.885 bits per heavy atom. The van der Waals surface area contributed by atoms with Crippen molar-refractivity contribution >= 4 is 37.2 Å². The van der Waals surface area contributed by atoms with Gasteiger partial charge in [0, 0.05) is 36.4 Å². The number of nitrogens with two attached hydrogens (primary N) is 1. The predicted octanol–water partition coefficient (Wildman–Crippen LogP) is 4.86. The summed E-state index contributed by atoms with van der Waals surface area (Å²) in [6.07, 6.45) is 8.27. The number of rotatable bonds is 3. The molecule has 3 heterocycles. The quantitative estimate of drug-likeness (QED) is 0.777. The first-order valence-corrected chi connectivity index (χ1v) is 8.81. The molecule has 6 heteroatoms. The summed E-state index contributed by atoms with van der Waals surface area (Å²) in [4.78, 5) is 7.39. The van der Waals surface area contributed by atoms with Crippen LogP contribution in [0, 0.1) is 0 Å². The lowest BCUT2D eigenvalue weighted by molar-refractivity contribution is 0.0235. The molecular formula is C20H28Cl3N3. The molecule has 2 unspecified atom stereocenters. The third-order valence-electron chi connectivity index (χ3n) is 5.44. The topological polar surface area (TPSA) is 42.1 Å². The highest BCUT2D eigenvalue weighted by molar-refractivity contribution is 5.86. The Morgan fingerprint density at radius 2 is 1.54 bits per heavy atom. The summed E-state index contributed by atoms with van der Waals surface area (Å²) in [6, 6.07) is 16.6. The van der Waals surface area contributed by atoms with Crippen LogP contribution >= 0.6 is 37.2 Å². The molecule has 0 radical (unpaired) electrons. The second kappa shape index (κ2) is 10.5. The van der Waals surface area contributed by atoms with Gasteiger partial charge in [-0.1, -0.05) is 42.8 Å². The average Bonchev–Trinajstić information content (AvgIpc) is 2.57. The number of fused-ring (bicyclic) bond motifs is 2. The van der Waals surface area contributed by atoms with E-state index in [9.17, 15) is 0 Å². The molecule has 0 saturated carbocycles. The fourth-order valence-corrected chi connectivity index (χ4v) is 4.29. The molecule has 2 aliphatic rings. The second-order valence-electron chi connectivity index (χ2n) is 7.05. The van der Waals surface area contributed by atoms with E-state index in [1.165, 1.54) is 36.1 Å². The highest BCUT2D eigenvalue weighted by atomic mass is 35.5. The van der Waals surface area contributed by atoms with Crippen LogP contribution in [0.4, 0.5) is 0 Å². The summed E-state index contributed by atoms with van der Waals surface area (Å²) in [5.41, 5.74) is 9.82. The van der Waals surface area contributed by atoms with Crippen molar-refractivity contribution in [2.24, 2.45) is 5.73 Å². The lowest BCUT2D eigenvalue weighted by Crippen LogP contribution is -2.54. The Kier molecular flexibility index (Phi) is 9.35. The third kappa shape index (κ3) is 5.11. The van der Waals surface area contributed by atoms with E-state index in [1.807, 2.05) is 12.3 Å². The molecular weight excluding hydrogens is 389 g/mol. The molecule has 4 rings (SSSR count). The molecule has 2 N–H and O–H groups in total. The van der Waals surface area contributed by atoms with E-state index < -0.39 is 0 Å². The average molecular weight is 417 g/mol. The Hall–Kier alpha value is -0.840. The lowest BCUT2D eigenvalue weighted by atomic mass is 9.82. The summed E-state index contributed by atoms with van der Waals surface area (Å²) in [6.45, 7) is 0.969. The highest BCUT2D eigenvalue weighted by Gasteiger charge is 2.36. The van der Waals surface area contributed by atoms with Crippen molar-refractivity contribution < 1.29 is 0 Å². The van der Waals surface area contributed by atoms with E-state index in [1.54, 1.807) is 0 Å². The molecule has 1 aromatic carbocycles. The van der Waals surface area contributed by atoms with E-state index in [2.05, 4.69) is 41.3 Å². The van der Waals surface area contributed by atoms with Gasteiger partial charge in [0.25, 0.3) is 0 Å². The standard InChI is InChI=1S/C20H25N3.3ClH/c21-17-11-19-7-4-8-20(12-17)23(19)14-18-10-9-16(13-22-18)15-5-2-1-3-6-15;;;/h1-3,5-6,9-10,13,17,19-20H,4,7-8,11-12,14,21H2;3*1H. The van der Waals surface area contributed by atoms with Crippen molar-refractivity contribution in [3.63, 3.8) is 0 Å². The molecule has 2 bridgehead atoms. The summed E-state index contributed by atoms with van der Waals surface area (Å²) < 4.78 is 0. The zero-order chi connectivity index (χ0) is 15.6. The molecule has 2 aliphatic heterocycles. The van der Waals surface area contributed by atoms with Crippen LogP contribution in [0.15, 0.2) is 48.7 Å². The molecule has 144 valence electrons. The maximum absolute atomic E-state index is 6.22. The fourth-order valence-electron chi connectivity index (χ4n) is 4.29. The normalized spacial score (nSPS) is 24.6. The number of halogens is 3. The fraction of sp³-hybridized carbons (Fsp3) is 0.450. The van der Waals surface area contributed by atoms with Gasteiger partial charge in [0.15, 0.2) is 0 Å². The minimum atomic E-state index is 0. The SMILES string of the molecule is Cl.Cl.Cl.NC1CC2CCCC(C1)N2Cc1ccc(-c2ccccc2)cn1. The lowest BCUT2D eigenvalue weighted by Gasteiger charge is -2.48. The van der Waals surface area contributed by atoms with E-state index in [4.69, 9.17) is 10.7 Å². The molecule has 2 fully saturated rings. The summed E-state index contributed by atoms with van der Waals surface area (Å²) >= 11 is 0. The molecule has 0 spiro atoms. The molecule has 3 nitrogen and oxygen atoms in total. The molecule has 0 aliphatic carbocycles. The number of nitrogens with zero attached hydrogens (tertiary/aromatic N) is 2. The van der Waals surface area contributed by atoms with Crippen molar-refractivity contribution in [1.29, 1.82) is 0 Å². The van der Waals surface area contributed by atoms with Gasteiger partial charge in [-0.05, 0) is 37.3 Å². The maximum atomic E-state index is 6.22. The molecule has 0 amide bonds. The Morgan fingerprint density at radius 3 is 2.12 bits per heavy atom. The molecule has 1 aromatic heterocycles. The first kappa shape index (κ1) is 23.2. The van der Waals surface area contributed by atoms with Crippen LogP contribution in [-0.4, -0.2) is 28.0 Å². The van der Waals surface area contributed by atoms with Gasteiger partial charge in [0.05, 0.1) is 5.69 Å². The van der Waals surface area contributed by atoms with Gasteiger partial charge in [-0.3, -0.25) is 9.88 Å². The Labute approximate surface area is 175 Å². The van der Waals surface area contributed by atoms with Gasteiger partial charge in [-0.2, -0.15) is 0 Å². The maximum Gasteiger partial charge on any atom is 0.0544 e. The van der Waals surface area contributed by atoms with Crippen LogP contribution in [0.1, 0.15) is 37.8 Å². The van der Waals surface area contributed by atoms with Crippen molar-refractivity contribution in [1.82, 2.24) is 9.88 Å². The number of hydrogen-bond donors (Lipinski definition) is 1. The van der Waals surface area contributed by atoms with Crippen molar-refractivity contribution in [2.45, 2.75) is 56.8 Å². The third-order valence-corrected chi connectivity index (χ3v) is 5.44. The second-order valence-corrected chi connectivity index (χ2v) is 7.05. The highest BCUT2D eigenvalue weighted by Crippen LogP contribution is 2.34. The van der Waals surface area contributed by atoms with E-state index in [0.29, 0.717) is 18.1 Å². The van der Waals surface area contributed by atoms with Crippen LogP contribution in [0.5, 0.6) is 0 Å². The van der Waals surface area contributed by atoms with Gasteiger partial charge in [0.1, 0.15) is 0 Å². The van der Waals surface area contributed by atoms with Gasteiger partial charge in [0.2, 0.25) is 0 Å². The summed E-state index contributed by atoms with van der Waals surface area (Å²) in [5, 5.41) is 0. The minimum Gasteiger partial charge on any atom is -0.328 e. The van der Waals surface area contributed by atoms with Crippen molar-refractivity contribution in [2.75, 3.05) is 0 Å². The van der Waals surface area contributed by atoms with Gasteiger partial charge in [-0.25, -0.2) is 0 Å². The van der Waals surface area contributed by atoms with Crippen LogP contribution in [0.3, 0.4) is 0 Å². The molecule has 2 aromatic rings. The summed E-state index contributed by atoms with van der Waals surface area (Å²) in [7, 11) is 0. The number of benzene rings is 1. The van der Waals surface area contributed by atoms with Gasteiger partial charge in [-0.15, -0.1) is 37.2 Å². The smallest absolute Gasteiger partial charge is 0.0544 e. The minimum absolute atomic E-state index is 0. The molecule has 2 atom stereocenters. The zero-order valence-corrected chi connectivity index (χ0v) is 17.2. The van der Waals surface area contributed by atoms with E-state index in [-0.39, 0.29) is 37.2 Å². The van der Waals surface area contributed by atoms with Gasteiger partial charge < -0.3 is 5.73 Å². The number of hydrogen-bond acceptors (Lipinski definition) is 3. The Balaban J connectivity index is 0.00000113. The summed E-state index contributed by atoms with van der Waals surface area (Å²) in [5.74, 6) is 0. The van der Waals surface area contributed by atoms with E-state index in [0.717, 1.165) is 19.4 Å².